The van der Waals surface area contributed by atoms with Gasteiger partial charge >= 0.3 is 0 Å². The molecular formula is C20H17N5O2S. The molecule has 2 aromatic heterocycles. The molecule has 4 aromatic rings. The zero-order valence-corrected chi connectivity index (χ0v) is 15.9. The fourth-order valence-electron chi connectivity index (χ4n) is 3.18. The predicted octanol–water partition coefficient (Wildman–Crippen LogP) is 4.02. The predicted molar refractivity (Wildman–Crippen MR) is 107 cm³/mol. The summed E-state index contributed by atoms with van der Waals surface area (Å²) in [7, 11) is 1.63. The lowest BCUT2D eigenvalue weighted by Crippen LogP contribution is -2.15. The first kappa shape index (κ1) is 16.9. The van der Waals surface area contributed by atoms with Crippen LogP contribution in [0.25, 0.3) is 15.9 Å². The molecule has 1 N–H and O–H groups in total. The van der Waals surface area contributed by atoms with Crippen LogP contribution in [0.2, 0.25) is 0 Å². The van der Waals surface area contributed by atoms with Gasteiger partial charge in [0.25, 0.3) is 5.91 Å². The van der Waals surface area contributed by atoms with Crippen LogP contribution in [-0.2, 0) is 0 Å². The molecule has 7 nitrogen and oxygen atoms in total. The molecule has 0 radical (unpaired) electrons. The van der Waals surface area contributed by atoms with Gasteiger partial charge in [0.05, 0.1) is 28.7 Å². The van der Waals surface area contributed by atoms with Gasteiger partial charge < -0.3 is 4.74 Å². The van der Waals surface area contributed by atoms with E-state index in [1.165, 1.54) is 11.3 Å². The molecule has 0 saturated heterocycles. The zero-order chi connectivity index (χ0) is 19.1. The highest BCUT2D eigenvalue weighted by molar-refractivity contribution is 7.22. The Hall–Kier alpha value is -3.26. The van der Waals surface area contributed by atoms with E-state index in [-0.39, 0.29) is 5.91 Å². The summed E-state index contributed by atoms with van der Waals surface area (Å²) in [5, 5.41) is 11.9. The molecule has 0 unspecified atom stereocenters. The minimum atomic E-state index is -0.282. The van der Waals surface area contributed by atoms with Gasteiger partial charge in [0, 0.05) is 5.92 Å². The number of anilines is 1. The molecule has 28 heavy (non-hydrogen) atoms. The van der Waals surface area contributed by atoms with Crippen LogP contribution in [0.1, 0.15) is 34.9 Å². The van der Waals surface area contributed by atoms with E-state index in [4.69, 9.17) is 4.74 Å². The number of ether oxygens (including phenoxy) is 1. The maximum Gasteiger partial charge on any atom is 0.279 e. The van der Waals surface area contributed by atoms with Crippen LogP contribution in [0.4, 0.5) is 5.13 Å². The van der Waals surface area contributed by atoms with Crippen LogP contribution < -0.4 is 10.1 Å². The van der Waals surface area contributed by atoms with Crippen molar-refractivity contribution in [1.29, 1.82) is 0 Å². The molecule has 2 heterocycles. The molecule has 5 rings (SSSR count). The Morgan fingerprint density at radius 2 is 2.04 bits per heavy atom. The highest BCUT2D eigenvalue weighted by atomic mass is 32.1. The summed E-state index contributed by atoms with van der Waals surface area (Å²) in [6.07, 6.45) is 2.09. The van der Waals surface area contributed by atoms with Crippen molar-refractivity contribution in [3.63, 3.8) is 0 Å². The zero-order valence-electron chi connectivity index (χ0n) is 15.1. The Kier molecular flexibility index (Phi) is 4.05. The molecule has 140 valence electrons. The lowest BCUT2D eigenvalue weighted by Gasteiger charge is -2.06. The normalized spacial score (nSPS) is 13.6. The van der Waals surface area contributed by atoms with Crippen molar-refractivity contribution in [2.45, 2.75) is 18.8 Å². The van der Waals surface area contributed by atoms with E-state index in [2.05, 4.69) is 20.6 Å². The van der Waals surface area contributed by atoms with Crippen molar-refractivity contribution in [2.75, 3.05) is 12.4 Å². The second kappa shape index (κ2) is 6.72. The van der Waals surface area contributed by atoms with Gasteiger partial charge in [0.2, 0.25) is 0 Å². The van der Waals surface area contributed by atoms with E-state index in [0.717, 1.165) is 40.2 Å². The first-order valence-corrected chi connectivity index (χ1v) is 9.81. The first-order chi connectivity index (χ1) is 13.7. The smallest absolute Gasteiger partial charge is 0.279 e. The molecule has 0 spiro atoms. The van der Waals surface area contributed by atoms with Gasteiger partial charge in [-0.25, -0.2) is 9.67 Å². The average Bonchev–Trinajstić information content (AvgIpc) is 3.33. The Bertz CT molecular complexity index is 1160. The summed E-state index contributed by atoms with van der Waals surface area (Å²) < 4.78 is 7.97. The van der Waals surface area contributed by atoms with Crippen molar-refractivity contribution >= 4 is 32.6 Å². The number of thiazole rings is 1. The molecule has 1 amide bonds. The first-order valence-electron chi connectivity index (χ1n) is 9.00. The highest BCUT2D eigenvalue weighted by Crippen LogP contribution is 2.42. The van der Waals surface area contributed by atoms with Gasteiger partial charge in [-0.05, 0) is 43.2 Å². The average molecular weight is 391 g/mol. The van der Waals surface area contributed by atoms with E-state index < -0.39 is 0 Å². The Morgan fingerprint density at radius 3 is 2.79 bits per heavy atom. The number of carbonyl (C=O) groups excluding carboxylic acids is 1. The van der Waals surface area contributed by atoms with E-state index >= 15 is 0 Å². The molecule has 8 heteroatoms. The van der Waals surface area contributed by atoms with Gasteiger partial charge in [-0.2, -0.15) is 0 Å². The number of para-hydroxylation sites is 1. The summed E-state index contributed by atoms with van der Waals surface area (Å²) in [4.78, 5) is 17.4. The number of fused-ring (bicyclic) bond motifs is 1. The van der Waals surface area contributed by atoms with Gasteiger partial charge in [-0.1, -0.05) is 34.7 Å². The van der Waals surface area contributed by atoms with Gasteiger partial charge in [-0.3, -0.25) is 10.1 Å². The summed E-state index contributed by atoms with van der Waals surface area (Å²) in [5.41, 5.74) is 2.95. The van der Waals surface area contributed by atoms with Crippen molar-refractivity contribution in [1.82, 2.24) is 20.0 Å². The van der Waals surface area contributed by atoms with Crippen LogP contribution in [-0.4, -0.2) is 33.0 Å². The largest absolute Gasteiger partial charge is 0.497 e. The van der Waals surface area contributed by atoms with Crippen LogP contribution in [0, 0.1) is 0 Å². The third-order valence-electron chi connectivity index (χ3n) is 4.70. The number of amides is 1. The maximum absolute atomic E-state index is 12.9. The molecule has 1 aliphatic carbocycles. The van der Waals surface area contributed by atoms with E-state index in [0.29, 0.717) is 16.7 Å². The quantitative estimate of drug-likeness (QED) is 0.556. The third-order valence-corrected chi connectivity index (χ3v) is 5.63. The monoisotopic (exact) mass is 391 g/mol. The lowest BCUT2D eigenvalue weighted by atomic mass is 10.2. The standard InChI is InChI=1S/C20H17N5O2S/c1-27-14-9-10-15-16(11-14)28-20(21-15)22-19(26)17-18(12-7-8-12)25(24-23-17)13-5-3-2-4-6-13/h2-6,9-12H,7-8H2,1H3,(H,21,22,26). The van der Waals surface area contributed by atoms with Crippen LogP contribution in [0.5, 0.6) is 5.75 Å². The maximum atomic E-state index is 12.9. The summed E-state index contributed by atoms with van der Waals surface area (Å²) in [6.45, 7) is 0. The van der Waals surface area contributed by atoms with Crippen LogP contribution in [0.15, 0.2) is 48.5 Å². The Balaban J connectivity index is 1.46. The minimum Gasteiger partial charge on any atom is -0.497 e. The minimum absolute atomic E-state index is 0.282. The number of hydrogen-bond donors (Lipinski definition) is 1. The molecule has 1 saturated carbocycles. The molecule has 1 fully saturated rings. The van der Waals surface area contributed by atoms with Crippen molar-refractivity contribution in [2.24, 2.45) is 0 Å². The number of hydrogen-bond acceptors (Lipinski definition) is 6. The number of nitrogens with one attached hydrogen (secondary N) is 1. The summed E-state index contributed by atoms with van der Waals surface area (Å²) >= 11 is 1.40. The lowest BCUT2D eigenvalue weighted by molar-refractivity contribution is 0.102. The van der Waals surface area contributed by atoms with E-state index in [1.807, 2.05) is 48.5 Å². The van der Waals surface area contributed by atoms with Crippen molar-refractivity contribution in [3.05, 3.63) is 59.9 Å². The summed E-state index contributed by atoms with van der Waals surface area (Å²) in [6, 6.07) is 15.4. The van der Waals surface area contributed by atoms with Gasteiger partial charge in [0.1, 0.15) is 5.75 Å². The van der Waals surface area contributed by atoms with Gasteiger partial charge in [-0.15, -0.1) is 5.10 Å². The van der Waals surface area contributed by atoms with Crippen molar-refractivity contribution in [3.8, 4) is 11.4 Å². The van der Waals surface area contributed by atoms with E-state index in [1.54, 1.807) is 11.8 Å². The Labute approximate surface area is 165 Å². The van der Waals surface area contributed by atoms with E-state index in [9.17, 15) is 4.79 Å². The number of aromatic nitrogens is 4. The third kappa shape index (κ3) is 3.01. The number of methoxy groups -OCH3 is 1. The van der Waals surface area contributed by atoms with Gasteiger partial charge in [0.15, 0.2) is 10.8 Å². The second-order valence-corrected chi connectivity index (χ2v) is 7.68. The Morgan fingerprint density at radius 1 is 1.21 bits per heavy atom. The molecule has 0 aliphatic heterocycles. The highest BCUT2D eigenvalue weighted by Gasteiger charge is 2.34. The fraction of sp³-hybridized carbons (Fsp3) is 0.200. The fourth-order valence-corrected chi connectivity index (χ4v) is 4.06. The topological polar surface area (TPSA) is 81.9 Å². The van der Waals surface area contributed by atoms with Crippen LogP contribution in [0.3, 0.4) is 0 Å². The SMILES string of the molecule is COc1ccc2nc(NC(=O)c3nnn(-c4ccccc4)c3C3CC3)sc2c1. The second-order valence-electron chi connectivity index (χ2n) is 6.65. The molecular weight excluding hydrogens is 374 g/mol. The molecule has 0 atom stereocenters. The van der Waals surface area contributed by atoms with Crippen LogP contribution >= 0.6 is 11.3 Å². The summed E-state index contributed by atoms with van der Waals surface area (Å²) in [5.74, 6) is 0.793. The molecule has 0 bridgehead atoms. The number of carbonyl (C=O) groups is 1. The number of nitrogens with zero attached hydrogens (tertiary/aromatic N) is 4. The molecule has 2 aromatic carbocycles. The van der Waals surface area contributed by atoms with Crippen molar-refractivity contribution < 1.29 is 9.53 Å². The number of rotatable bonds is 5. The number of benzene rings is 2. The molecule has 1 aliphatic rings.